The Hall–Kier alpha value is -4.14. The van der Waals surface area contributed by atoms with Gasteiger partial charge in [0.15, 0.2) is 0 Å². The Morgan fingerprint density at radius 2 is 1.78 bits per heavy atom. The topological polar surface area (TPSA) is 85.9 Å². The summed E-state index contributed by atoms with van der Waals surface area (Å²) in [5.74, 6) is 1.42. The van der Waals surface area contributed by atoms with Gasteiger partial charge in [0.2, 0.25) is 5.95 Å². The molecule has 37 heavy (non-hydrogen) atoms. The number of anilines is 2. The van der Waals surface area contributed by atoms with Gasteiger partial charge in [0.25, 0.3) is 0 Å². The second kappa shape index (κ2) is 10.1. The lowest BCUT2D eigenvalue weighted by Gasteiger charge is -2.32. The molecule has 0 atom stereocenters. The van der Waals surface area contributed by atoms with Gasteiger partial charge in [0.05, 0.1) is 16.7 Å². The number of aromatic nitrogens is 5. The van der Waals surface area contributed by atoms with Gasteiger partial charge in [-0.25, -0.2) is 15.0 Å². The number of aromatic amines is 1. The zero-order valence-corrected chi connectivity index (χ0v) is 21.1. The number of pyridine rings is 1. The minimum absolute atomic E-state index is 0.542. The smallest absolute Gasteiger partial charge is 0.227 e. The molecule has 1 saturated heterocycles. The van der Waals surface area contributed by atoms with Crippen LogP contribution in [0.5, 0.6) is 0 Å². The van der Waals surface area contributed by atoms with Crippen molar-refractivity contribution in [3.05, 3.63) is 84.3 Å². The molecule has 0 bridgehead atoms. The number of nitrogens with one attached hydrogen (secondary N) is 2. The van der Waals surface area contributed by atoms with Crippen molar-refractivity contribution in [3.63, 3.8) is 0 Å². The van der Waals surface area contributed by atoms with Crippen LogP contribution in [-0.2, 0) is 6.54 Å². The van der Waals surface area contributed by atoms with E-state index < -0.39 is 0 Å². The summed E-state index contributed by atoms with van der Waals surface area (Å²) >= 11 is 0. The molecular formula is C29H30N8. The molecule has 6 rings (SSSR count). The highest BCUT2D eigenvalue weighted by molar-refractivity contribution is 5.85. The van der Waals surface area contributed by atoms with E-state index in [0.717, 1.165) is 77.7 Å². The molecule has 1 aliphatic heterocycles. The van der Waals surface area contributed by atoms with Gasteiger partial charge >= 0.3 is 0 Å². The lowest BCUT2D eigenvalue weighted by molar-refractivity contribution is 0.148. The molecule has 2 aromatic carbocycles. The second-order valence-corrected chi connectivity index (χ2v) is 9.68. The van der Waals surface area contributed by atoms with Crippen LogP contribution in [0.2, 0.25) is 0 Å². The van der Waals surface area contributed by atoms with E-state index in [-0.39, 0.29) is 0 Å². The quantitative estimate of drug-likeness (QED) is 0.351. The molecule has 0 saturated carbocycles. The minimum atomic E-state index is 0.542. The number of likely N-dealkylation sites (N-methyl/N-ethyl adjacent to an activating group) is 1. The van der Waals surface area contributed by atoms with Crippen LogP contribution in [0.15, 0.2) is 73.2 Å². The summed E-state index contributed by atoms with van der Waals surface area (Å²) in [5, 5.41) is 3.38. The van der Waals surface area contributed by atoms with Crippen molar-refractivity contribution in [2.45, 2.75) is 13.5 Å². The van der Waals surface area contributed by atoms with E-state index >= 15 is 0 Å². The molecule has 1 fully saturated rings. The lowest BCUT2D eigenvalue weighted by Crippen LogP contribution is -2.43. The third kappa shape index (κ3) is 5.21. The first kappa shape index (κ1) is 23.3. The number of nitrogens with zero attached hydrogens (tertiary/aromatic N) is 6. The first-order chi connectivity index (χ1) is 18.1. The van der Waals surface area contributed by atoms with Gasteiger partial charge in [-0.3, -0.25) is 9.88 Å². The average Bonchev–Trinajstić information content (AvgIpc) is 3.34. The molecule has 0 aliphatic carbocycles. The molecule has 8 nitrogen and oxygen atoms in total. The van der Waals surface area contributed by atoms with E-state index in [4.69, 9.17) is 4.98 Å². The largest absolute Gasteiger partial charge is 0.338 e. The molecule has 186 valence electrons. The molecule has 0 amide bonds. The number of aryl methyl sites for hydroxylation is 1. The minimum Gasteiger partial charge on any atom is -0.338 e. The van der Waals surface area contributed by atoms with Crippen LogP contribution in [0, 0.1) is 6.92 Å². The van der Waals surface area contributed by atoms with Crippen molar-refractivity contribution >= 4 is 22.7 Å². The predicted molar refractivity (Wildman–Crippen MR) is 148 cm³/mol. The maximum atomic E-state index is 4.90. The van der Waals surface area contributed by atoms with E-state index in [0.29, 0.717) is 5.95 Å². The average molecular weight is 491 g/mol. The van der Waals surface area contributed by atoms with E-state index in [1.54, 1.807) is 18.6 Å². The Bertz CT molecular complexity index is 1520. The first-order valence-corrected chi connectivity index (χ1v) is 12.6. The second-order valence-electron chi connectivity index (χ2n) is 9.68. The SMILES string of the molecule is Cc1cc2nc(-c3cccc(CN4CCN(C)CC4)c3)[nH]c2cc1Nc1nccc(-c2cccnc2)n1. The Morgan fingerprint density at radius 1 is 0.919 bits per heavy atom. The number of benzene rings is 2. The van der Waals surface area contributed by atoms with Crippen molar-refractivity contribution in [1.29, 1.82) is 0 Å². The molecule has 1 aliphatic rings. The summed E-state index contributed by atoms with van der Waals surface area (Å²) in [6.45, 7) is 7.49. The molecule has 2 N–H and O–H groups in total. The third-order valence-electron chi connectivity index (χ3n) is 6.89. The van der Waals surface area contributed by atoms with Crippen LogP contribution >= 0.6 is 0 Å². The summed E-state index contributed by atoms with van der Waals surface area (Å²) in [6.07, 6.45) is 5.32. The van der Waals surface area contributed by atoms with Crippen molar-refractivity contribution in [3.8, 4) is 22.6 Å². The molecule has 0 spiro atoms. The Balaban J connectivity index is 1.23. The van der Waals surface area contributed by atoms with E-state index in [2.05, 4.69) is 85.4 Å². The first-order valence-electron chi connectivity index (χ1n) is 12.6. The highest BCUT2D eigenvalue weighted by atomic mass is 15.2. The predicted octanol–water partition coefficient (Wildman–Crippen LogP) is 4.88. The highest BCUT2D eigenvalue weighted by Gasteiger charge is 2.15. The fourth-order valence-electron chi connectivity index (χ4n) is 4.73. The summed E-state index contributed by atoms with van der Waals surface area (Å²) in [4.78, 5) is 26.6. The van der Waals surface area contributed by atoms with E-state index in [9.17, 15) is 0 Å². The van der Waals surface area contributed by atoms with Gasteiger partial charge in [-0.05, 0) is 61.5 Å². The normalized spacial score (nSPS) is 14.8. The van der Waals surface area contributed by atoms with Gasteiger partial charge in [0, 0.05) is 68.1 Å². The maximum Gasteiger partial charge on any atom is 0.227 e. The number of fused-ring (bicyclic) bond motifs is 1. The number of rotatable bonds is 6. The number of hydrogen-bond donors (Lipinski definition) is 2. The summed E-state index contributed by atoms with van der Waals surface area (Å²) in [7, 11) is 2.19. The van der Waals surface area contributed by atoms with Crippen molar-refractivity contribution < 1.29 is 0 Å². The summed E-state index contributed by atoms with van der Waals surface area (Å²) in [6, 6.07) is 18.6. The Kier molecular flexibility index (Phi) is 6.34. The zero-order valence-electron chi connectivity index (χ0n) is 21.1. The Morgan fingerprint density at radius 3 is 2.62 bits per heavy atom. The van der Waals surface area contributed by atoms with E-state index in [1.807, 2.05) is 18.2 Å². The summed E-state index contributed by atoms with van der Waals surface area (Å²) < 4.78 is 0. The van der Waals surface area contributed by atoms with Crippen LogP contribution in [0.1, 0.15) is 11.1 Å². The molecule has 8 heteroatoms. The number of imidazole rings is 1. The van der Waals surface area contributed by atoms with Crippen LogP contribution in [0.4, 0.5) is 11.6 Å². The van der Waals surface area contributed by atoms with Crippen molar-refractivity contribution in [2.75, 3.05) is 38.5 Å². The van der Waals surface area contributed by atoms with Gasteiger partial charge < -0.3 is 15.2 Å². The monoisotopic (exact) mass is 490 g/mol. The molecule has 5 aromatic rings. The number of H-pyrrole nitrogens is 1. The van der Waals surface area contributed by atoms with Crippen LogP contribution in [0.3, 0.4) is 0 Å². The third-order valence-corrected chi connectivity index (χ3v) is 6.89. The molecular weight excluding hydrogens is 460 g/mol. The maximum absolute atomic E-state index is 4.90. The van der Waals surface area contributed by atoms with Crippen LogP contribution < -0.4 is 5.32 Å². The van der Waals surface area contributed by atoms with Crippen molar-refractivity contribution in [2.24, 2.45) is 0 Å². The van der Waals surface area contributed by atoms with Crippen LogP contribution in [0.25, 0.3) is 33.7 Å². The van der Waals surface area contributed by atoms with Crippen molar-refractivity contribution in [1.82, 2.24) is 34.7 Å². The standard InChI is InChI=1S/C29H30N8/c1-20-15-26-27(17-25(20)35-29-31-10-8-24(34-29)23-7-4-9-30-18-23)33-28(32-26)22-6-3-5-21(16-22)19-37-13-11-36(2)12-14-37/h3-10,15-18H,11-14,19H2,1-2H3,(H,32,33)(H,31,34,35). The fraction of sp³-hybridized carbons (Fsp3) is 0.241. The molecule has 0 unspecified atom stereocenters. The summed E-state index contributed by atoms with van der Waals surface area (Å²) in [5.41, 5.74) is 8.11. The lowest BCUT2D eigenvalue weighted by atomic mass is 10.1. The molecule has 4 heterocycles. The highest BCUT2D eigenvalue weighted by Crippen LogP contribution is 2.28. The Labute approximate surface area is 216 Å². The van der Waals surface area contributed by atoms with Gasteiger partial charge in [-0.15, -0.1) is 0 Å². The zero-order chi connectivity index (χ0) is 25.2. The number of piperazine rings is 1. The number of hydrogen-bond acceptors (Lipinski definition) is 7. The molecule has 3 aromatic heterocycles. The fourth-order valence-corrected chi connectivity index (χ4v) is 4.73. The van der Waals surface area contributed by atoms with Gasteiger partial charge in [-0.2, -0.15) is 0 Å². The van der Waals surface area contributed by atoms with Gasteiger partial charge in [-0.1, -0.05) is 18.2 Å². The van der Waals surface area contributed by atoms with Gasteiger partial charge in [0.1, 0.15) is 5.82 Å². The van der Waals surface area contributed by atoms with E-state index in [1.165, 1.54) is 5.56 Å². The molecule has 0 radical (unpaired) electrons. The van der Waals surface area contributed by atoms with Crippen LogP contribution in [-0.4, -0.2) is 67.9 Å².